The molecule has 0 radical (unpaired) electrons. The summed E-state index contributed by atoms with van der Waals surface area (Å²) in [7, 11) is 3.92. The summed E-state index contributed by atoms with van der Waals surface area (Å²) in [6.07, 6.45) is 0. The number of hydrogen-bond donors (Lipinski definition) is 2. The molecule has 0 bridgehead atoms. The first-order valence-corrected chi connectivity index (χ1v) is 6.37. The molecule has 0 heterocycles. The molecule has 0 fully saturated rings. The number of nitrogens with zero attached hydrogens (tertiary/aromatic N) is 2. The molecule has 0 aromatic carbocycles. The monoisotopic (exact) mass is 275 g/mol. The quantitative estimate of drug-likeness (QED) is 0.582. The number of carbonyl (C=O) groups is 2. The third-order valence-corrected chi connectivity index (χ3v) is 2.51. The molecule has 112 valence electrons. The van der Waals surface area contributed by atoms with Crippen molar-refractivity contribution in [3.63, 3.8) is 0 Å². The predicted molar refractivity (Wildman–Crippen MR) is 72.2 cm³/mol. The topological polar surface area (TPSA) is 82.1 Å². The maximum atomic E-state index is 11.9. The standard InChI is InChI=1S/C12H25N3O4/c1-5-15(10(2)8-14(3)4)12(18)13-6-7-19-9-11(16)17/h10H,5-9H2,1-4H3,(H,13,18)(H,16,17). The van der Waals surface area contributed by atoms with Crippen molar-refractivity contribution in [2.24, 2.45) is 0 Å². The Labute approximate surface area is 114 Å². The lowest BCUT2D eigenvalue weighted by Gasteiger charge is -2.30. The van der Waals surface area contributed by atoms with Gasteiger partial charge < -0.3 is 25.0 Å². The number of ether oxygens (including phenoxy) is 1. The number of nitrogens with one attached hydrogen (secondary N) is 1. The minimum atomic E-state index is -1.01. The van der Waals surface area contributed by atoms with Crippen LogP contribution in [0.15, 0.2) is 0 Å². The van der Waals surface area contributed by atoms with Crippen LogP contribution in [-0.4, -0.2) is 79.9 Å². The van der Waals surface area contributed by atoms with E-state index in [1.54, 1.807) is 4.90 Å². The highest BCUT2D eigenvalue weighted by atomic mass is 16.5. The summed E-state index contributed by atoms with van der Waals surface area (Å²) in [5, 5.41) is 11.1. The lowest BCUT2D eigenvalue weighted by molar-refractivity contribution is -0.142. The van der Waals surface area contributed by atoms with Gasteiger partial charge in [-0.05, 0) is 27.9 Å². The summed E-state index contributed by atoms with van der Waals surface area (Å²) in [5.41, 5.74) is 0. The fourth-order valence-corrected chi connectivity index (χ4v) is 1.77. The Morgan fingerprint density at radius 2 is 2.00 bits per heavy atom. The highest BCUT2D eigenvalue weighted by molar-refractivity contribution is 5.74. The predicted octanol–water partition coefficient (Wildman–Crippen LogP) is 0.0692. The van der Waals surface area contributed by atoms with Gasteiger partial charge in [0.2, 0.25) is 0 Å². The van der Waals surface area contributed by atoms with Gasteiger partial charge >= 0.3 is 12.0 Å². The summed E-state index contributed by atoms with van der Waals surface area (Å²) in [5.74, 6) is -1.01. The Bertz CT molecular complexity index is 284. The number of carboxylic acid groups (broad SMARTS) is 1. The summed E-state index contributed by atoms with van der Waals surface area (Å²) in [6, 6.07) is -0.0456. The molecule has 19 heavy (non-hydrogen) atoms. The third kappa shape index (κ3) is 8.39. The van der Waals surface area contributed by atoms with Crippen molar-refractivity contribution in [1.29, 1.82) is 0 Å². The van der Waals surface area contributed by atoms with Crippen LogP contribution in [0.25, 0.3) is 0 Å². The highest BCUT2D eigenvalue weighted by Crippen LogP contribution is 2.00. The summed E-state index contributed by atoms with van der Waals surface area (Å²) >= 11 is 0. The SMILES string of the molecule is CCN(C(=O)NCCOCC(=O)O)C(C)CN(C)C. The Morgan fingerprint density at radius 3 is 2.47 bits per heavy atom. The van der Waals surface area contributed by atoms with Gasteiger partial charge in [-0.3, -0.25) is 0 Å². The van der Waals surface area contributed by atoms with E-state index in [4.69, 9.17) is 9.84 Å². The summed E-state index contributed by atoms with van der Waals surface area (Å²) in [4.78, 5) is 25.9. The van der Waals surface area contributed by atoms with Gasteiger partial charge in [-0.15, -0.1) is 0 Å². The van der Waals surface area contributed by atoms with Crippen molar-refractivity contribution in [3.8, 4) is 0 Å². The smallest absolute Gasteiger partial charge is 0.329 e. The highest BCUT2D eigenvalue weighted by Gasteiger charge is 2.18. The van der Waals surface area contributed by atoms with E-state index < -0.39 is 5.97 Å². The molecule has 2 amide bonds. The van der Waals surface area contributed by atoms with E-state index in [-0.39, 0.29) is 25.3 Å². The second-order valence-electron chi connectivity index (χ2n) is 4.58. The lowest BCUT2D eigenvalue weighted by atomic mass is 10.3. The number of aliphatic carboxylic acids is 1. The van der Waals surface area contributed by atoms with E-state index in [0.717, 1.165) is 6.54 Å². The largest absolute Gasteiger partial charge is 0.480 e. The van der Waals surface area contributed by atoms with Crippen molar-refractivity contribution in [3.05, 3.63) is 0 Å². The molecule has 0 aliphatic heterocycles. The van der Waals surface area contributed by atoms with E-state index in [2.05, 4.69) is 5.32 Å². The number of carbonyl (C=O) groups excluding carboxylic acids is 1. The number of amides is 2. The third-order valence-electron chi connectivity index (χ3n) is 2.51. The van der Waals surface area contributed by atoms with Gasteiger partial charge in [0.05, 0.1) is 6.61 Å². The number of likely N-dealkylation sites (N-methyl/N-ethyl adjacent to an activating group) is 2. The fourth-order valence-electron chi connectivity index (χ4n) is 1.77. The molecule has 7 nitrogen and oxygen atoms in total. The van der Waals surface area contributed by atoms with Crippen LogP contribution in [0.3, 0.4) is 0 Å². The van der Waals surface area contributed by atoms with Crippen molar-refractivity contribution < 1.29 is 19.4 Å². The average molecular weight is 275 g/mol. The molecular formula is C12H25N3O4. The first-order valence-electron chi connectivity index (χ1n) is 6.37. The molecule has 1 atom stereocenters. The maximum Gasteiger partial charge on any atom is 0.329 e. The zero-order valence-corrected chi connectivity index (χ0v) is 12.2. The Morgan fingerprint density at radius 1 is 1.37 bits per heavy atom. The van der Waals surface area contributed by atoms with Crippen LogP contribution in [0.4, 0.5) is 4.79 Å². The number of carboxylic acids is 1. The van der Waals surface area contributed by atoms with Gasteiger partial charge in [-0.2, -0.15) is 0 Å². The van der Waals surface area contributed by atoms with Gasteiger partial charge in [0, 0.05) is 25.7 Å². The van der Waals surface area contributed by atoms with Gasteiger partial charge in [-0.25, -0.2) is 9.59 Å². The van der Waals surface area contributed by atoms with Crippen LogP contribution in [0, 0.1) is 0 Å². The minimum Gasteiger partial charge on any atom is -0.480 e. The molecule has 0 aliphatic carbocycles. The normalized spacial score (nSPS) is 12.3. The first kappa shape index (κ1) is 17.7. The van der Waals surface area contributed by atoms with Gasteiger partial charge in [0.15, 0.2) is 0 Å². The molecular weight excluding hydrogens is 250 g/mol. The Hall–Kier alpha value is -1.34. The van der Waals surface area contributed by atoms with Crippen LogP contribution >= 0.6 is 0 Å². The average Bonchev–Trinajstić information content (AvgIpc) is 2.27. The van der Waals surface area contributed by atoms with Crippen LogP contribution in [0.2, 0.25) is 0 Å². The molecule has 2 N–H and O–H groups in total. The minimum absolute atomic E-state index is 0.111. The molecule has 0 aromatic rings. The maximum absolute atomic E-state index is 11.9. The first-order chi connectivity index (χ1) is 8.88. The van der Waals surface area contributed by atoms with E-state index in [9.17, 15) is 9.59 Å². The molecule has 0 aromatic heterocycles. The van der Waals surface area contributed by atoms with E-state index in [1.165, 1.54) is 0 Å². The van der Waals surface area contributed by atoms with E-state index >= 15 is 0 Å². The lowest BCUT2D eigenvalue weighted by Crippen LogP contribution is -2.48. The van der Waals surface area contributed by atoms with E-state index in [0.29, 0.717) is 13.1 Å². The van der Waals surface area contributed by atoms with E-state index in [1.807, 2.05) is 32.8 Å². The number of rotatable bonds is 9. The second kappa shape index (κ2) is 9.57. The number of urea groups is 1. The van der Waals surface area contributed by atoms with Crippen molar-refractivity contribution >= 4 is 12.0 Å². The molecule has 0 spiro atoms. The van der Waals surface area contributed by atoms with Gasteiger partial charge in [-0.1, -0.05) is 0 Å². The Kier molecular flexibility index (Phi) is 8.90. The molecule has 0 aliphatic rings. The summed E-state index contributed by atoms with van der Waals surface area (Å²) < 4.78 is 4.84. The van der Waals surface area contributed by atoms with Gasteiger partial charge in [0.1, 0.15) is 6.61 Å². The van der Waals surface area contributed by atoms with Gasteiger partial charge in [0.25, 0.3) is 0 Å². The number of hydrogen-bond acceptors (Lipinski definition) is 4. The summed E-state index contributed by atoms with van der Waals surface area (Å²) in [6.45, 7) is 5.48. The second-order valence-corrected chi connectivity index (χ2v) is 4.58. The molecule has 7 heteroatoms. The zero-order chi connectivity index (χ0) is 14.8. The van der Waals surface area contributed by atoms with Crippen LogP contribution in [0.5, 0.6) is 0 Å². The van der Waals surface area contributed by atoms with Crippen molar-refractivity contribution in [2.75, 3.05) is 46.9 Å². The fraction of sp³-hybridized carbons (Fsp3) is 0.833. The molecule has 0 saturated carbocycles. The van der Waals surface area contributed by atoms with Crippen LogP contribution in [-0.2, 0) is 9.53 Å². The molecule has 0 rings (SSSR count). The molecule has 0 saturated heterocycles. The zero-order valence-electron chi connectivity index (χ0n) is 12.2. The van der Waals surface area contributed by atoms with Crippen LogP contribution < -0.4 is 5.32 Å². The Balaban J connectivity index is 3.97. The molecule has 1 unspecified atom stereocenters. The van der Waals surface area contributed by atoms with Crippen molar-refractivity contribution in [1.82, 2.24) is 15.1 Å². The van der Waals surface area contributed by atoms with Crippen molar-refractivity contribution in [2.45, 2.75) is 19.9 Å². The van der Waals surface area contributed by atoms with Crippen LogP contribution in [0.1, 0.15) is 13.8 Å².